The van der Waals surface area contributed by atoms with Crippen LogP contribution in [0.3, 0.4) is 0 Å². The molecule has 174 valence electrons. The summed E-state index contributed by atoms with van der Waals surface area (Å²) in [5.41, 5.74) is 1.42. The fourth-order valence-electron chi connectivity index (χ4n) is 3.17. The van der Waals surface area contributed by atoms with Crippen molar-refractivity contribution in [1.82, 2.24) is 19.7 Å². The Morgan fingerprint density at radius 3 is 2.71 bits per heavy atom. The average molecular weight is 495 g/mol. The molecule has 0 radical (unpaired) electrons. The number of nitrogens with one attached hydrogen (secondary N) is 2. The molecule has 4 aromatic rings. The highest BCUT2D eigenvalue weighted by Crippen LogP contribution is 2.26. The first-order valence-corrected chi connectivity index (χ1v) is 12.1. The minimum absolute atomic E-state index is 0.0113. The standard InChI is InChI=1S/C23H22N6O3S2/c1-3-12-29-19(13-20(30)24-15-8-4-6-10-17(15)32-2)27-28-23(29)33-14-21(31)26-22-25-16-9-5-7-11-18(16)34-22/h3-11H,1,12-14H2,2H3,(H,24,30)(H,25,26,31). The summed E-state index contributed by atoms with van der Waals surface area (Å²) in [6.45, 7) is 4.18. The molecule has 11 heteroatoms. The maximum atomic E-state index is 12.6. The summed E-state index contributed by atoms with van der Waals surface area (Å²) in [7, 11) is 1.54. The summed E-state index contributed by atoms with van der Waals surface area (Å²) in [4.78, 5) is 29.5. The summed E-state index contributed by atoms with van der Waals surface area (Å²) in [6.07, 6.45) is 1.70. The number of carbonyl (C=O) groups excluding carboxylic acids is 2. The fourth-order valence-corrected chi connectivity index (χ4v) is 4.81. The highest BCUT2D eigenvalue weighted by atomic mass is 32.2. The van der Waals surface area contributed by atoms with Crippen LogP contribution >= 0.6 is 23.1 Å². The molecule has 2 aromatic heterocycles. The average Bonchev–Trinajstić information content (AvgIpc) is 3.41. The van der Waals surface area contributed by atoms with Crippen molar-refractivity contribution in [3.05, 3.63) is 67.0 Å². The van der Waals surface area contributed by atoms with Gasteiger partial charge in [0, 0.05) is 6.54 Å². The molecule has 2 amide bonds. The number of thioether (sulfide) groups is 1. The summed E-state index contributed by atoms with van der Waals surface area (Å²) in [6, 6.07) is 14.9. The van der Waals surface area contributed by atoms with Crippen LogP contribution in [-0.2, 0) is 22.6 Å². The van der Waals surface area contributed by atoms with Gasteiger partial charge in [-0.1, -0.05) is 53.4 Å². The van der Waals surface area contributed by atoms with Crippen LogP contribution in [-0.4, -0.2) is 44.4 Å². The van der Waals surface area contributed by atoms with E-state index in [1.54, 1.807) is 29.9 Å². The molecule has 0 aliphatic carbocycles. The van der Waals surface area contributed by atoms with Crippen LogP contribution in [0.1, 0.15) is 5.82 Å². The summed E-state index contributed by atoms with van der Waals surface area (Å²) in [5.74, 6) is 0.707. The zero-order valence-corrected chi connectivity index (χ0v) is 20.0. The van der Waals surface area contributed by atoms with Gasteiger partial charge in [-0.25, -0.2) is 4.98 Å². The first-order chi connectivity index (χ1) is 16.6. The number of benzene rings is 2. The number of amides is 2. The van der Waals surface area contributed by atoms with Crippen molar-refractivity contribution in [2.45, 2.75) is 18.1 Å². The maximum absolute atomic E-state index is 12.6. The molecule has 0 unspecified atom stereocenters. The second-order valence-corrected chi connectivity index (χ2v) is 9.02. The highest BCUT2D eigenvalue weighted by molar-refractivity contribution is 7.99. The Morgan fingerprint density at radius 2 is 1.91 bits per heavy atom. The molecule has 0 aliphatic heterocycles. The number of fused-ring (bicyclic) bond motifs is 1. The van der Waals surface area contributed by atoms with E-state index in [9.17, 15) is 9.59 Å². The molecule has 2 N–H and O–H groups in total. The SMILES string of the molecule is C=CCn1c(CC(=O)Nc2ccccc2OC)nnc1SCC(=O)Nc1nc2ccccc2s1. The molecular weight excluding hydrogens is 472 g/mol. The third kappa shape index (κ3) is 5.61. The molecule has 4 rings (SSSR count). The second-order valence-electron chi connectivity index (χ2n) is 7.05. The van der Waals surface area contributed by atoms with Gasteiger partial charge in [0.15, 0.2) is 10.3 Å². The Bertz CT molecular complexity index is 1300. The second kappa shape index (κ2) is 10.9. The number of hydrogen-bond acceptors (Lipinski definition) is 8. The predicted octanol–water partition coefficient (Wildman–Crippen LogP) is 3.99. The van der Waals surface area contributed by atoms with Gasteiger partial charge in [-0.2, -0.15) is 0 Å². The van der Waals surface area contributed by atoms with Crippen LogP contribution in [0, 0.1) is 0 Å². The normalized spacial score (nSPS) is 10.7. The monoisotopic (exact) mass is 494 g/mol. The lowest BCUT2D eigenvalue weighted by molar-refractivity contribution is -0.116. The van der Waals surface area contributed by atoms with Gasteiger partial charge in [0.2, 0.25) is 11.8 Å². The van der Waals surface area contributed by atoms with Crippen molar-refractivity contribution in [3.63, 3.8) is 0 Å². The van der Waals surface area contributed by atoms with Gasteiger partial charge in [0.1, 0.15) is 11.6 Å². The molecule has 0 fully saturated rings. The van der Waals surface area contributed by atoms with Crippen LogP contribution in [0.4, 0.5) is 10.8 Å². The zero-order valence-electron chi connectivity index (χ0n) is 18.4. The molecule has 0 spiro atoms. The molecule has 34 heavy (non-hydrogen) atoms. The van der Waals surface area contributed by atoms with Crippen molar-refractivity contribution in [2.24, 2.45) is 0 Å². The van der Waals surface area contributed by atoms with E-state index >= 15 is 0 Å². The Kier molecular flexibility index (Phi) is 7.55. The molecule has 9 nitrogen and oxygen atoms in total. The van der Waals surface area contributed by atoms with Gasteiger partial charge in [0.25, 0.3) is 0 Å². The van der Waals surface area contributed by atoms with Crippen molar-refractivity contribution in [3.8, 4) is 5.75 Å². The number of nitrogens with zero attached hydrogens (tertiary/aromatic N) is 4. The van der Waals surface area contributed by atoms with Crippen LogP contribution in [0.25, 0.3) is 10.2 Å². The highest BCUT2D eigenvalue weighted by Gasteiger charge is 2.17. The van der Waals surface area contributed by atoms with Crippen LogP contribution < -0.4 is 15.4 Å². The third-order valence-corrected chi connectivity index (χ3v) is 6.60. The number of thiazole rings is 1. The third-order valence-electron chi connectivity index (χ3n) is 4.68. The summed E-state index contributed by atoms with van der Waals surface area (Å²) in [5, 5.41) is 15.1. The molecule has 2 heterocycles. The van der Waals surface area contributed by atoms with E-state index in [0.717, 1.165) is 10.2 Å². The Hall–Kier alpha value is -3.70. The van der Waals surface area contributed by atoms with Crippen molar-refractivity contribution < 1.29 is 14.3 Å². The lowest BCUT2D eigenvalue weighted by Crippen LogP contribution is -2.18. The molecule has 0 saturated heterocycles. The van der Waals surface area contributed by atoms with Crippen molar-refractivity contribution in [1.29, 1.82) is 0 Å². The smallest absolute Gasteiger partial charge is 0.236 e. The topological polar surface area (TPSA) is 111 Å². The fraction of sp³-hybridized carbons (Fsp3) is 0.174. The van der Waals surface area contributed by atoms with Gasteiger partial charge in [-0.15, -0.1) is 16.8 Å². The Morgan fingerprint density at radius 1 is 1.12 bits per heavy atom. The number of carbonyl (C=O) groups is 2. The lowest BCUT2D eigenvalue weighted by atomic mass is 10.2. The first-order valence-electron chi connectivity index (χ1n) is 10.3. The molecule has 0 atom stereocenters. The zero-order chi connectivity index (χ0) is 23.9. The molecule has 0 saturated carbocycles. The number of anilines is 2. The van der Waals surface area contributed by atoms with Crippen LogP contribution in [0.2, 0.25) is 0 Å². The summed E-state index contributed by atoms with van der Waals surface area (Å²) < 4.78 is 8.05. The van der Waals surface area contributed by atoms with Gasteiger partial charge < -0.3 is 19.9 Å². The van der Waals surface area contributed by atoms with E-state index in [2.05, 4.69) is 32.4 Å². The van der Waals surface area contributed by atoms with Gasteiger partial charge in [-0.05, 0) is 24.3 Å². The van der Waals surface area contributed by atoms with E-state index < -0.39 is 0 Å². The predicted molar refractivity (Wildman–Crippen MR) is 135 cm³/mol. The van der Waals surface area contributed by atoms with Gasteiger partial charge >= 0.3 is 0 Å². The molecule has 0 aliphatic rings. The van der Waals surface area contributed by atoms with E-state index in [1.807, 2.05) is 36.4 Å². The lowest BCUT2D eigenvalue weighted by Gasteiger charge is -2.10. The Balaban J connectivity index is 1.38. The van der Waals surface area contributed by atoms with Crippen LogP contribution in [0.15, 0.2) is 66.3 Å². The molecule has 0 bridgehead atoms. The van der Waals surface area contributed by atoms with E-state index in [-0.39, 0.29) is 24.0 Å². The number of methoxy groups -OCH3 is 1. The minimum atomic E-state index is -0.257. The number of allylic oxidation sites excluding steroid dienone is 1. The number of aromatic nitrogens is 4. The van der Waals surface area contributed by atoms with Gasteiger partial charge in [-0.3, -0.25) is 9.59 Å². The van der Waals surface area contributed by atoms with E-state index in [0.29, 0.717) is 34.1 Å². The van der Waals surface area contributed by atoms with Crippen molar-refractivity contribution >= 4 is 55.9 Å². The van der Waals surface area contributed by atoms with E-state index in [4.69, 9.17) is 4.74 Å². The van der Waals surface area contributed by atoms with E-state index in [1.165, 1.54) is 23.1 Å². The quantitative estimate of drug-likeness (QED) is 0.253. The molecular formula is C23H22N6O3S2. The largest absolute Gasteiger partial charge is 0.495 e. The summed E-state index contributed by atoms with van der Waals surface area (Å²) >= 11 is 2.65. The minimum Gasteiger partial charge on any atom is -0.495 e. The van der Waals surface area contributed by atoms with Crippen LogP contribution in [0.5, 0.6) is 5.75 Å². The van der Waals surface area contributed by atoms with Gasteiger partial charge in [0.05, 0.1) is 35.2 Å². The first kappa shape index (κ1) is 23.5. The Labute approximate surface area is 204 Å². The number of para-hydroxylation sites is 3. The number of ether oxygens (including phenoxy) is 1. The maximum Gasteiger partial charge on any atom is 0.236 e. The number of rotatable bonds is 10. The van der Waals surface area contributed by atoms with Crippen molar-refractivity contribution in [2.75, 3.05) is 23.5 Å². The number of hydrogen-bond donors (Lipinski definition) is 2. The molecule has 2 aromatic carbocycles.